The van der Waals surface area contributed by atoms with Gasteiger partial charge in [-0.15, -0.1) is 0 Å². The summed E-state index contributed by atoms with van der Waals surface area (Å²) in [4.78, 5) is 38.2. The lowest BCUT2D eigenvalue weighted by Crippen LogP contribution is -2.30. The lowest BCUT2D eigenvalue weighted by atomic mass is 10.1. The summed E-state index contributed by atoms with van der Waals surface area (Å²) in [5.41, 5.74) is 0. The first-order valence-electron chi connectivity index (χ1n) is 30.1. The molecule has 6 heteroatoms. The highest BCUT2D eigenvalue weighted by molar-refractivity contribution is 5.71. The summed E-state index contributed by atoms with van der Waals surface area (Å²) in [6, 6.07) is 0. The molecule has 1 atom stereocenters. The normalized spacial score (nSPS) is 12.7. The minimum absolute atomic E-state index is 0.0895. The molecule has 0 aromatic rings. The van der Waals surface area contributed by atoms with Crippen LogP contribution in [0, 0.1) is 0 Å². The van der Waals surface area contributed by atoms with Gasteiger partial charge in [0, 0.05) is 19.3 Å². The van der Waals surface area contributed by atoms with Gasteiger partial charge in [-0.3, -0.25) is 14.4 Å². The van der Waals surface area contributed by atoms with E-state index in [2.05, 4.69) is 106 Å². The SMILES string of the molecule is CC/C=C/C/C=C/C/C=C/C/C=C/C/C=C/CCCCCC(=O)OC[C@@H](COC(=O)CCCCCCCCC/C=C/CCCCCC)OC(=O)CCCCCCCCCCC/C=C/CCCCCCCC. The van der Waals surface area contributed by atoms with Gasteiger partial charge in [0.1, 0.15) is 13.2 Å². The number of rotatable bonds is 54. The van der Waals surface area contributed by atoms with Crippen LogP contribution in [-0.4, -0.2) is 37.2 Å². The van der Waals surface area contributed by atoms with Gasteiger partial charge in [0.2, 0.25) is 0 Å². The zero-order chi connectivity index (χ0) is 51.4. The lowest BCUT2D eigenvalue weighted by molar-refractivity contribution is -0.167. The molecule has 0 unspecified atom stereocenters. The van der Waals surface area contributed by atoms with Gasteiger partial charge in [-0.1, -0.05) is 241 Å². The van der Waals surface area contributed by atoms with Crippen LogP contribution in [0.25, 0.3) is 0 Å². The molecule has 0 heterocycles. The van der Waals surface area contributed by atoms with E-state index in [0.717, 1.165) is 96.3 Å². The van der Waals surface area contributed by atoms with Crippen LogP contribution in [0.2, 0.25) is 0 Å². The van der Waals surface area contributed by atoms with Crippen LogP contribution in [0.15, 0.2) is 85.1 Å². The summed E-state index contributed by atoms with van der Waals surface area (Å²) in [6.45, 7) is 6.50. The molecule has 0 saturated heterocycles. The third kappa shape index (κ3) is 57.4. The molecule has 0 amide bonds. The Morgan fingerprint density at radius 1 is 0.296 bits per heavy atom. The molecule has 0 radical (unpaired) electrons. The second-order valence-corrected chi connectivity index (χ2v) is 19.9. The van der Waals surface area contributed by atoms with Gasteiger partial charge >= 0.3 is 17.9 Å². The van der Waals surface area contributed by atoms with E-state index in [4.69, 9.17) is 14.2 Å². The Hall–Kier alpha value is -3.41. The number of unbranched alkanes of at least 4 members (excludes halogenated alkanes) is 29. The van der Waals surface area contributed by atoms with Crippen LogP contribution in [0.4, 0.5) is 0 Å². The highest BCUT2D eigenvalue weighted by atomic mass is 16.6. The molecule has 0 aliphatic heterocycles. The Morgan fingerprint density at radius 3 is 0.901 bits per heavy atom. The van der Waals surface area contributed by atoms with Gasteiger partial charge in [-0.05, 0) is 116 Å². The second-order valence-electron chi connectivity index (χ2n) is 19.9. The van der Waals surface area contributed by atoms with Crippen LogP contribution >= 0.6 is 0 Å². The monoisotopic (exact) mass is 989 g/mol. The predicted octanol–water partition coefficient (Wildman–Crippen LogP) is 20.3. The number of esters is 3. The largest absolute Gasteiger partial charge is 0.462 e. The quantitative estimate of drug-likeness (QED) is 0.0261. The standard InChI is InChI=1S/C65H112O6/c1-4-7-10-13-16-19-22-25-28-30-32-34-37-40-43-46-49-52-55-58-64(67)70-61-62(60-69-63(66)57-54-51-48-45-42-39-36-27-24-21-18-15-12-9-6-3)71-65(68)59-56-53-50-47-44-41-38-35-33-31-29-26-23-20-17-14-11-8-5-2/h7,10,16,19,21,24-26,28-29,32,34,40,43,62H,4-6,8-9,11-15,17-18,20,22-23,27,30-31,33,35-39,41-42,44-61H2,1-3H3/b10-7+,19-16+,24-21+,28-25+,29-26+,34-32+,43-40+/t62-/m1/s1. The zero-order valence-electron chi connectivity index (χ0n) is 46.7. The fraction of sp³-hybridized carbons (Fsp3) is 0.738. The summed E-state index contributed by atoms with van der Waals surface area (Å²) in [5, 5.41) is 0. The number of ether oxygens (including phenoxy) is 3. The van der Waals surface area contributed by atoms with Gasteiger partial charge < -0.3 is 14.2 Å². The van der Waals surface area contributed by atoms with E-state index in [1.165, 1.54) is 154 Å². The first-order chi connectivity index (χ1) is 35.0. The van der Waals surface area contributed by atoms with Crippen molar-refractivity contribution in [1.82, 2.24) is 0 Å². The molecule has 408 valence electrons. The Morgan fingerprint density at radius 2 is 0.549 bits per heavy atom. The predicted molar refractivity (Wildman–Crippen MR) is 307 cm³/mol. The van der Waals surface area contributed by atoms with Crippen LogP contribution in [0.3, 0.4) is 0 Å². The number of hydrogen-bond donors (Lipinski definition) is 0. The van der Waals surface area contributed by atoms with Gasteiger partial charge in [0.15, 0.2) is 6.10 Å². The molecule has 6 nitrogen and oxygen atoms in total. The van der Waals surface area contributed by atoms with Crippen LogP contribution in [0.1, 0.15) is 290 Å². The Labute approximate surface area is 439 Å². The van der Waals surface area contributed by atoms with E-state index >= 15 is 0 Å². The Bertz CT molecular complexity index is 1370. The summed E-state index contributed by atoms with van der Waals surface area (Å²) < 4.78 is 16.9. The first-order valence-corrected chi connectivity index (χ1v) is 30.1. The highest BCUT2D eigenvalue weighted by Crippen LogP contribution is 2.15. The molecule has 0 spiro atoms. The van der Waals surface area contributed by atoms with Crippen molar-refractivity contribution in [2.24, 2.45) is 0 Å². The maximum absolute atomic E-state index is 12.9. The van der Waals surface area contributed by atoms with Gasteiger partial charge in [0.25, 0.3) is 0 Å². The number of carbonyl (C=O) groups excluding carboxylic acids is 3. The summed E-state index contributed by atoms with van der Waals surface area (Å²) in [5.74, 6) is -0.921. The maximum Gasteiger partial charge on any atom is 0.306 e. The molecule has 0 fully saturated rings. The van der Waals surface area contributed by atoms with Gasteiger partial charge in [-0.2, -0.15) is 0 Å². The molecule has 0 aliphatic carbocycles. The van der Waals surface area contributed by atoms with Gasteiger partial charge in [-0.25, -0.2) is 0 Å². The average Bonchev–Trinajstić information content (AvgIpc) is 3.37. The first kappa shape index (κ1) is 67.6. The highest BCUT2D eigenvalue weighted by Gasteiger charge is 2.19. The van der Waals surface area contributed by atoms with Crippen molar-refractivity contribution in [3.63, 3.8) is 0 Å². The molecule has 0 N–H and O–H groups in total. The molecule has 0 saturated carbocycles. The van der Waals surface area contributed by atoms with Crippen molar-refractivity contribution in [1.29, 1.82) is 0 Å². The third-order valence-electron chi connectivity index (χ3n) is 12.9. The van der Waals surface area contributed by atoms with Crippen molar-refractivity contribution in [2.75, 3.05) is 13.2 Å². The topological polar surface area (TPSA) is 78.9 Å². The van der Waals surface area contributed by atoms with E-state index in [0.29, 0.717) is 19.3 Å². The number of allylic oxidation sites excluding steroid dienone is 14. The molecule has 0 aromatic carbocycles. The molecule has 0 aromatic heterocycles. The zero-order valence-corrected chi connectivity index (χ0v) is 46.7. The minimum atomic E-state index is -0.794. The Balaban J connectivity index is 4.44. The van der Waals surface area contributed by atoms with Crippen molar-refractivity contribution in [2.45, 2.75) is 297 Å². The lowest BCUT2D eigenvalue weighted by Gasteiger charge is -2.18. The average molecular weight is 990 g/mol. The Kier molecular flexibility index (Phi) is 56.3. The summed E-state index contributed by atoms with van der Waals surface area (Å²) >= 11 is 0. The minimum Gasteiger partial charge on any atom is -0.462 e. The van der Waals surface area contributed by atoms with Crippen molar-refractivity contribution in [3.05, 3.63) is 85.1 Å². The van der Waals surface area contributed by atoms with E-state index < -0.39 is 6.10 Å². The van der Waals surface area contributed by atoms with Crippen molar-refractivity contribution < 1.29 is 28.6 Å². The van der Waals surface area contributed by atoms with Crippen LogP contribution < -0.4 is 0 Å². The van der Waals surface area contributed by atoms with E-state index in [9.17, 15) is 14.4 Å². The van der Waals surface area contributed by atoms with Crippen LogP contribution in [-0.2, 0) is 28.6 Å². The molecular weight excluding hydrogens is 877 g/mol. The summed E-state index contributed by atoms with van der Waals surface area (Å²) in [7, 11) is 0. The van der Waals surface area contributed by atoms with E-state index in [1.807, 2.05) is 0 Å². The fourth-order valence-corrected chi connectivity index (χ4v) is 8.34. The van der Waals surface area contributed by atoms with E-state index in [1.54, 1.807) is 0 Å². The molecule has 0 bridgehead atoms. The van der Waals surface area contributed by atoms with Crippen molar-refractivity contribution in [3.8, 4) is 0 Å². The second kappa shape index (κ2) is 59.2. The van der Waals surface area contributed by atoms with E-state index in [-0.39, 0.29) is 31.1 Å². The molecule has 0 rings (SSSR count). The smallest absolute Gasteiger partial charge is 0.306 e. The van der Waals surface area contributed by atoms with Crippen LogP contribution in [0.5, 0.6) is 0 Å². The summed E-state index contributed by atoms with van der Waals surface area (Å²) in [6.07, 6.45) is 77.1. The molecule has 71 heavy (non-hydrogen) atoms. The maximum atomic E-state index is 12.9. The van der Waals surface area contributed by atoms with Gasteiger partial charge in [0.05, 0.1) is 0 Å². The number of hydrogen-bond acceptors (Lipinski definition) is 6. The molecule has 0 aliphatic rings. The fourth-order valence-electron chi connectivity index (χ4n) is 8.34. The third-order valence-corrected chi connectivity index (χ3v) is 12.9. The number of carbonyl (C=O) groups is 3. The molecular formula is C65H112O6. The van der Waals surface area contributed by atoms with Crippen molar-refractivity contribution >= 4 is 17.9 Å².